The lowest BCUT2D eigenvalue weighted by Crippen LogP contribution is -2.65. The van der Waals surface area contributed by atoms with E-state index in [1.54, 1.807) is 24.3 Å². The van der Waals surface area contributed by atoms with Crippen molar-refractivity contribution in [1.29, 1.82) is 5.26 Å². The van der Waals surface area contributed by atoms with Gasteiger partial charge in [0.2, 0.25) is 10.0 Å². The molecular formula is C26H28N2O3S. The lowest BCUT2D eigenvalue weighted by atomic mass is 9.78. The number of hydrogen-bond donors (Lipinski definition) is 1. The Morgan fingerprint density at radius 3 is 2.31 bits per heavy atom. The van der Waals surface area contributed by atoms with Crippen LogP contribution >= 0.6 is 0 Å². The van der Waals surface area contributed by atoms with Gasteiger partial charge in [0.05, 0.1) is 24.5 Å². The number of rotatable bonds is 5. The maximum absolute atomic E-state index is 13.0. The molecule has 1 aliphatic carbocycles. The van der Waals surface area contributed by atoms with Crippen molar-refractivity contribution in [1.82, 2.24) is 4.31 Å². The summed E-state index contributed by atoms with van der Waals surface area (Å²) in [6, 6.07) is 17.2. The first-order valence-electron chi connectivity index (χ1n) is 11.2. The molecule has 3 atom stereocenters. The van der Waals surface area contributed by atoms with Crippen LogP contribution in [0.15, 0.2) is 54.6 Å². The van der Waals surface area contributed by atoms with Crippen LogP contribution in [0.3, 0.4) is 0 Å². The minimum atomic E-state index is -3.74. The van der Waals surface area contributed by atoms with Crippen LogP contribution in [-0.2, 0) is 15.8 Å². The maximum Gasteiger partial charge on any atom is 0.219 e. The van der Waals surface area contributed by atoms with Gasteiger partial charge in [-0.05, 0) is 36.1 Å². The number of nitrogens with zero attached hydrogens (tertiary/aromatic N) is 2. The smallest absolute Gasteiger partial charge is 0.219 e. The van der Waals surface area contributed by atoms with Gasteiger partial charge in [-0.1, -0.05) is 73.6 Å². The molecule has 166 valence electrons. The van der Waals surface area contributed by atoms with Crippen LogP contribution in [0.5, 0.6) is 0 Å². The molecule has 4 rings (SSSR count). The molecule has 0 unspecified atom stereocenters. The highest BCUT2D eigenvalue weighted by Gasteiger charge is 2.54. The molecule has 0 bridgehead atoms. The number of aliphatic hydroxyl groups is 1. The van der Waals surface area contributed by atoms with Crippen LogP contribution in [0.4, 0.5) is 0 Å². The highest BCUT2D eigenvalue weighted by atomic mass is 32.2. The second-order valence-corrected chi connectivity index (χ2v) is 10.5. The molecule has 0 radical (unpaired) electrons. The van der Waals surface area contributed by atoms with Gasteiger partial charge in [0.1, 0.15) is 6.04 Å². The van der Waals surface area contributed by atoms with E-state index in [1.165, 1.54) is 36.4 Å². The third-order valence-corrected chi connectivity index (χ3v) is 8.35. The number of nitriles is 1. The van der Waals surface area contributed by atoms with E-state index < -0.39 is 22.1 Å². The highest BCUT2D eigenvalue weighted by Crippen LogP contribution is 2.43. The van der Waals surface area contributed by atoms with Crippen molar-refractivity contribution in [2.45, 2.75) is 55.9 Å². The molecule has 0 amide bonds. The van der Waals surface area contributed by atoms with Crippen molar-refractivity contribution >= 4 is 10.0 Å². The fraction of sp³-hybridized carbons (Fsp3) is 0.423. The Kier molecular flexibility index (Phi) is 6.96. The predicted molar refractivity (Wildman–Crippen MR) is 124 cm³/mol. The van der Waals surface area contributed by atoms with E-state index >= 15 is 0 Å². The van der Waals surface area contributed by atoms with E-state index in [9.17, 15) is 18.8 Å². The molecule has 1 saturated carbocycles. The zero-order chi connectivity index (χ0) is 22.6. The molecule has 2 fully saturated rings. The molecule has 1 N–H and O–H groups in total. The Bertz CT molecular complexity index is 1120. The SMILES string of the molecule is N#C[C@H]1[C@@H](c2ccc(C#CC3CCCCC3)cc2)[C@@H](CO)N1S(=O)(=O)Cc1ccccc1. The summed E-state index contributed by atoms with van der Waals surface area (Å²) in [5.41, 5.74) is 2.43. The molecule has 1 saturated heterocycles. The summed E-state index contributed by atoms with van der Waals surface area (Å²) in [4.78, 5) is 0. The average molecular weight is 449 g/mol. The second-order valence-electron chi connectivity index (χ2n) is 8.65. The third kappa shape index (κ3) is 4.74. The van der Waals surface area contributed by atoms with Crippen LogP contribution in [0.25, 0.3) is 0 Å². The molecule has 2 aromatic rings. The van der Waals surface area contributed by atoms with Gasteiger partial charge in [-0.3, -0.25) is 0 Å². The van der Waals surface area contributed by atoms with Crippen LogP contribution in [0.1, 0.15) is 54.7 Å². The largest absolute Gasteiger partial charge is 0.395 e. The molecule has 2 aromatic carbocycles. The Labute approximate surface area is 190 Å². The highest BCUT2D eigenvalue weighted by molar-refractivity contribution is 7.88. The first-order valence-corrected chi connectivity index (χ1v) is 12.8. The molecule has 2 aliphatic rings. The second kappa shape index (κ2) is 9.88. The molecular weight excluding hydrogens is 420 g/mol. The summed E-state index contributed by atoms with van der Waals surface area (Å²) in [7, 11) is -3.74. The van der Waals surface area contributed by atoms with E-state index in [2.05, 4.69) is 17.9 Å². The Hall–Kier alpha value is -2.64. The molecule has 6 heteroatoms. The minimum Gasteiger partial charge on any atom is -0.395 e. The van der Waals surface area contributed by atoms with Gasteiger partial charge in [0.25, 0.3) is 0 Å². The number of aliphatic hydroxyl groups excluding tert-OH is 1. The molecule has 32 heavy (non-hydrogen) atoms. The summed E-state index contributed by atoms with van der Waals surface area (Å²) in [5, 5.41) is 19.7. The zero-order valence-corrected chi connectivity index (χ0v) is 18.8. The van der Waals surface area contributed by atoms with E-state index in [0.29, 0.717) is 11.5 Å². The van der Waals surface area contributed by atoms with E-state index in [0.717, 1.165) is 11.1 Å². The van der Waals surface area contributed by atoms with Gasteiger partial charge in [-0.2, -0.15) is 9.57 Å². The van der Waals surface area contributed by atoms with E-state index in [-0.39, 0.29) is 18.3 Å². The maximum atomic E-state index is 13.0. The number of hydrogen-bond acceptors (Lipinski definition) is 4. The zero-order valence-electron chi connectivity index (χ0n) is 18.0. The predicted octanol–water partition coefficient (Wildman–Crippen LogP) is 3.80. The first-order chi connectivity index (χ1) is 15.5. The van der Waals surface area contributed by atoms with E-state index in [1.807, 2.05) is 30.3 Å². The summed E-state index contributed by atoms with van der Waals surface area (Å²) in [6.45, 7) is -0.333. The van der Waals surface area contributed by atoms with Gasteiger partial charge in [0, 0.05) is 17.4 Å². The average Bonchev–Trinajstić information content (AvgIpc) is 2.79. The van der Waals surface area contributed by atoms with Gasteiger partial charge in [-0.15, -0.1) is 0 Å². The first kappa shape index (κ1) is 22.6. The third-order valence-electron chi connectivity index (χ3n) is 6.51. The van der Waals surface area contributed by atoms with Gasteiger partial charge >= 0.3 is 0 Å². The van der Waals surface area contributed by atoms with Crippen molar-refractivity contribution in [2.24, 2.45) is 5.92 Å². The number of sulfonamides is 1. The fourth-order valence-electron chi connectivity index (χ4n) is 4.83. The molecule has 0 spiro atoms. The fourth-order valence-corrected chi connectivity index (χ4v) is 6.72. The van der Waals surface area contributed by atoms with Crippen molar-refractivity contribution in [2.75, 3.05) is 6.61 Å². The summed E-state index contributed by atoms with van der Waals surface area (Å²) >= 11 is 0. The topological polar surface area (TPSA) is 81.4 Å². The Morgan fingerprint density at radius 1 is 1.00 bits per heavy atom. The van der Waals surface area contributed by atoms with Crippen molar-refractivity contribution in [3.05, 3.63) is 71.3 Å². The van der Waals surface area contributed by atoms with E-state index in [4.69, 9.17) is 0 Å². The van der Waals surface area contributed by atoms with Gasteiger partial charge in [0.15, 0.2) is 0 Å². The van der Waals surface area contributed by atoms with Crippen molar-refractivity contribution in [3.63, 3.8) is 0 Å². The summed E-state index contributed by atoms with van der Waals surface area (Å²) in [6.07, 6.45) is 6.15. The minimum absolute atomic E-state index is 0.190. The quantitative estimate of drug-likeness (QED) is 0.706. The lowest BCUT2D eigenvalue weighted by molar-refractivity contribution is 0.0555. The van der Waals surface area contributed by atoms with Crippen LogP contribution in [0.2, 0.25) is 0 Å². The lowest BCUT2D eigenvalue weighted by Gasteiger charge is -2.50. The van der Waals surface area contributed by atoms with Crippen LogP contribution in [0, 0.1) is 29.1 Å². The Morgan fingerprint density at radius 2 is 1.69 bits per heavy atom. The normalized spacial score (nSPS) is 24.1. The van der Waals surface area contributed by atoms with Crippen molar-refractivity contribution in [3.8, 4) is 17.9 Å². The van der Waals surface area contributed by atoms with Gasteiger partial charge < -0.3 is 5.11 Å². The molecule has 5 nitrogen and oxygen atoms in total. The molecule has 1 heterocycles. The van der Waals surface area contributed by atoms with Gasteiger partial charge in [-0.25, -0.2) is 8.42 Å². The number of benzene rings is 2. The van der Waals surface area contributed by atoms with Crippen LogP contribution < -0.4 is 0 Å². The standard InChI is InChI=1S/C26H28N2O3S/c27-17-24-26(23-15-13-21(14-16-23)12-11-20-7-3-1-4-8-20)25(18-29)28(24)32(30,31)19-22-9-5-2-6-10-22/h2,5-6,9-10,13-16,20,24-26,29H,1,3-4,7-8,18-19H2/t24-,25+,26+/m0/s1. The molecule has 0 aromatic heterocycles. The summed E-state index contributed by atoms with van der Waals surface area (Å²) < 4.78 is 27.2. The Balaban J connectivity index is 1.50. The monoisotopic (exact) mass is 448 g/mol. The molecule has 1 aliphatic heterocycles. The summed E-state index contributed by atoms with van der Waals surface area (Å²) in [5.74, 6) is 6.55. The van der Waals surface area contributed by atoms with Crippen molar-refractivity contribution < 1.29 is 13.5 Å². The van der Waals surface area contributed by atoms with Crippen LogP contribution in [-0.4, -0.2) is 36.5 Å².